The van der Waals surface area contributed by atoms with Crippen molar-refractivity contribution in [3.05, 3.63) is 12.2 Å². The predicted molar refractivity (Wildman–Crippen MR) is 42.2 cm³/mol. The average Bonchev–Trinajstić information content (AvgIpc) is 1.93. The maximum atomic E-state index is 10.6. The fourth-order valence-electron chi connectivity index (χ4n) is 1.11. The topological polar surface area (TPSA) is 38.3 Å². The molecule has 1 fully saturated rings. The molecule has 0 aromatic carbocycles. The number of rotatable bonds is 1. The van der Waals surface area contributed by atoms with Crippen molar-refractivity contribution >= 4 is 5.97 Å². The number of hydrogen-bond acceptors (Lipinski definition) is 3. The SMILES string of the molecule is C=C1CCNCC1OC(C)=O. The maximum Gasteiger partial charge on any atom is 0.303 e. The second kappa shape index (κ2) is 3.53. The predicted octanol–water partition coefficient (Wildman–Crippen LogP) is 0.468. The second-order valence-corrected chi connectivity index (χ2v) is 2.71. The largest absolute Gasteiger partial charge is 0.457 e. The highest BCUT2D eigenvalue weighted by Crippen LogP contribution is 2.11. The van der Waals surface area contributed by atoms with E-state index in [1.807, 2.05) is 0 Å². The molecule has 11 heavy (non-hydrogen) atoms. The molecule has 0 aliphatic carbocycles. The number of ether oxygens (including phenoxy) is 1. The summed E-state index contributed by atoms with van der Waals surface area (Å²) in [4.78, 5) is 10.6. The molecule has 1 saturated heterocycles. The van der Waals surface area contributed by atoms with Crippen LogP contribution in [0.5, 0.6) is 0 Å². The zero-order valence-electron chi connectivity index (χ0n) is 6.72. The van der Waals surface area contributed by atoms with Gasteiger partial charge in [0.25, 0.3) is 0 Å². The van der Waals surface area contributed by atoms with Gasteiger partial charge in [-0.3, -0.25) is 4.79 Å². The molecule has 1 rings (SSSR count). The quantitative estimate of drug-likeness (QED) is 0.442. The summed E-state index contributed by atoms with van der Waals surface area (Å²) in [6.45, 7) is 6.90. The van der Waals surface area contributed by atoms with Gasteiger partial charge in [-0.05, 0) is 18.5 Å². The van der Waals surface area contributed by atoms with E-state index in [-0.39, 0.29) is 12.1 Å². The van der Waals surface area contributed by atoms with Crippen LogP contribution in [-0.4, -0.2) is 25.2 Å². The minimum atomic E-state index is -0.236. The van der Waals surface area contributed by atoms with Gasteiger partial charge in [0, 0.05) is 13.5 Å². The fourth-order valence-corrected chi connectivity index (χ4v) is 1.11. The van der Waals surface area contributed by atoms with Crippen LogP contribution >= 0.6 is 0 Å². The Morgan fingerprint density at radius 1 is 1.82 bits per heavy atom. The molecule has 62 valence electrons. The van der Waals surface area contributed by atoms with Crippen LogP contribution in [0.3, 0.4) is 0 Å². The van der Waals surface area contributed by atoms with Crippen molar-refractivity contribution in [3.8, 4) is 0 Å². The summed E-state index contributed by atoms with van der Waals surface area (Å²) in [5.41, 5.74) is 1.01. The Bertz CT molecular complexity index is 177. The highest BCUT2D eigenvalue weighted by molar-refractivity contribution is 5.66. The lowest BCUT2D eigenvalue weighted by Crippen LogP contribution is -2.37. The molecule has 0 saturated carbocycles. The Morgan fingerprint density at radius 2 is 2.55 bits per heavy atom. The van der Waals surface area contributed by atoms with Crippen LogP contribution in [-0.2, 0) is 9.53 Å². The minimum absolute atomic E-state index is 0.110. The van der Waals surface area contributed by atoms with E-state index in [0.717, 1.165) is 18.5 Å². The zero-order chi connectivity index (χ0) is 8.27. The Kier molecular flexibility index (Phi) is 2.65. The van der Waals surface area contributed by atoms with E-state index in [9.17, 15) is 4.79 Å². The third-order valence-corrected chi connectivity index (χ3v) is 1.72. The van der Waals surface area contributed by atoms with E-state index < -0.39 is 0 Å². The molecular weight excluding hydrogens is 142 g/mol. The highest BCUT2D eigenvalue weighted by Gasteiger charge is 2.18. The second-order valence-electron chi connectivity index (χ2n) is 2.71. The molecule has 3 heteroatoms. The van der Waals surface area contributed by atoms with E-state index >= 15 is 0 Å². The van der Waals surface area contributed by atoms with Gasteiger partial charge < -0.3 is 10.1 Å². The van der Waals surface area contributed by atoms with Gasteiger partial charge in [0.1, 0.15) is 6.10 Å². The zero-order valence-corrected chi connectivity index (χ0v) is 6.72. The average molecular weight is 155 g/mol. The summed E-state index contributed by atoms with van der Waals surface area (Å²) < 4.78 is 5.00. The first-order valence-corrected chi connectivity index (χ1v) is 3.76. The third-order valence-electron chi connectivity index (χ3n) is 1.72. The standard InChI is InChI=1S/C8H13NO2/c1-6-3-4-9-5-8(6)11-7(2)10/h8-9H,1,3-5H2,2H3. The molecule has 0 amide bonds. The molecule has 1 aliphatic rings. The number of carbonyl (C=O) groups is 1. The summed E-state index contributed by atoms with van der Waals surface area (Å²) >= 11 is 0. The van der Waals surface area contributed by atoms with Crippen molar-refractivity contribution in [1.29, 1.82) is 0 Å². The van der Waals surface area contributed by atoms with Crippen LogP contribution in [0.4, 0.5) is 0 Å². The van der Waals surface area contributed by atoms with Crippen molar-refractivity contribution < 1.29 is 9.53 Å². The number of nitrogens with one attached hydrogen (secondary N) is 1. The van der Waals surface area contributed by atoms with Crippen molar-refractivity contribution in [1.82, 2.24) is 5.32 Å². The first kappa shape index (κ1) is 8.27. The molecule has 0 aromatic heterocycles. The van der Waals surface area contributed by atoms with Gasteiger partial charge in [-0.1, -0.05) is 6.58 Å². The van der Waals surface area contributed by atoms with E-state index in [1.165, 1.54) is 6.92 Å². The minimum Gasteiger partial charge on any atom is -0.457 e. The maximum absolute atomic E-state index is 10.6. The lowest BCUT2D eigenvalue weighted by Gasteiger charge is -2.24. The van der Waals surface area contributed by atoms with Crippen LogP contribution in [0.15, 0.2) is 12.2 Å². The Labute approximate surface area is 66.4 Å². The lowest BCUT2D eigenvalue weighted by atomic mass is 10.1. The molecular formula is C8H13NO2. The molecule has 3 nitrogen and oxygen atoms in total. The van der Waals surface area contributed by atoms with Crippen LogP contribution in [0.1, 0.15) is 13.3 Å². The molecule has 1 unspecified atom stereocenters. The van der Waals surface area contributed by atoms with Gasteiger partial charge in [0.2, 0.25) is 0 Å². The molecule has 0 radical (unpaired) electrons. The number of carbonyl (C=O) groups excluding carboxylic acids is 1. The summed E-state index contributed by atoms with van der Waals surface area (Å²) in [6, 6.07) is 0. The number of hydrogen-bond donors (Lipinski definition) is 1. The van der Waals surface area contributed by atoms with Gasteiger partial charge in [-0.25, -0.2) is 0 Å². The molecule has 0 aromatic rings. The summed E-state index contributed by atoms with van der Waals surface area (Å²) in [7, 11) is 0. The van der Waals surface area contributed by atoms with E-state index in [2.05, 4.69) is 11.9 Å². The van der Waals surface area contributed by atoms with Crippen molar-refractivity contribution in [3.63, 3.8) is 0 Å². The van der Waals surface area contributed by atoms with Crippen molar-refractivity contribution in [2.75, 3.05) is 13.1 Å². The summed E-state index contributed by atoms with van der Waals surface area (Å²) in [5, 5.41) is 3.13. The molecule has 1 N–H and O–H groups in total. The monoisotopic (exact) mass is 155 g/mol. The van der Waals surface area contributed by atoms with E-state index in [1.54, 1.807) is 0 Å². The summed E-state index contributed by atoms with van der Waals surface area (Å²) in [5.74, 6) is -0.236. The Balaban J connectivity index is 2.42. The van der Waals surface area contributed by atoms with Gasteiger partial charge in [0.05, 0.1) is 0 Å². The van der Waals surface area contributed by atoms with Crippen molar-refractivity contribution in [2.45, 2.75) is 19.4 Å². The highest BCUT2D eigenvalue weighted by atomic mass is 16.5. The first-order valence-electron chi connectivity index (χ1n) is 3.76. The normalized spacial score (nSPS) is 24.8. The van der Waals surface area contributed by atoms with Crippen molar-refractivity contribution in [2.24, 2.45) is 0 Å². The van der Waals surface area contributed by atoms with Gasteiger partial charge in [-0.2, -0.15) is 0 Å². The number of piperidine rings is 1. The summed E-state index contributed by atoms with van der Waals surface area (Å²) in [6.07, 6.45) is 0.791. The van der Waals surface area contributed by atoms with E-state index in [4.69, 9.17) is 4.74 Å². The molecule has 1 atom stereocenters. The van der Waals surface area contributed by atoms with Crippen LogP contribution < -0.4 is 5.32 Å². The third kappa shape index (κ3) is 2.35. The fraction of sp³-hybridized carbons (Fsp3) is 0.625. The smallest absolute Gasteiger partial charge is 0.303 e. The van der Waals surface area contributed by atoms with Crippen LogP contribution in [0.2, 0.25) is 0 Å². The lowest BCUT2D eigenvalue weighted by molar-refractivity contribution is -0.144. The Morgan fingerprint density at radius 3 is 3.09 bits per heavy atom. The van der Waals surface area contributed by atoms with Crippen LogP contribution in [0.25, 0.3) is 0 Å². The van der Waals surface area contributed by atoms with Crippen LogP contribution in [0, 0.1) is 0 Å². The molecule has 0 bridgehead atoms. The van der Waals surface area contributed by atoms with Gasteiger partial charge >= 0.3 is 5.97 Å². The molecule has 0 spiro atoms. The first-order chi connectivity index (χ1) is 5.20. The molecule has 1 heterocycles. The number of esters is 1. The van der Waals surface area contributed by atoms with Gasteiger partial charge in [0.15, 0.2) is 0 Å². The molecule has 1 aliphatic heterocycles. The van der Waals surface area contributed by atoms with Gasteiger partial charge in [-0.15, -0.1) is 0 Å². The Hall–Kier alpha value is -0.830. The van der Waals surface area contributed by atoms with E-state index in [0.29, 0.717) is 6.54 Å².